The molecule has 0 aliphatic heterocycles. The van der Waals surface area contributed by atoms with E-state index in [-0.39, 0.29) is 43.0 Å². The van der Waals surface area contributed by atoms with Crippen LogP contribution < -0.4 is 29.7 Å². The fourth-order valence-corrected chi connectivity index (χ4v) is 5.26. The van der Waals surface area contributed by atoms with Crippen molar-refractivity contribution in [3.8, 4) is 17.2 Å². The van der Waals surface area contributed by atoms with Crippen molar-refractivity contribution in [3.05, 3.63) is 72.4 Å². The zero-order chi connectivity index (χ0) is 30.6. The summed E-state index contributed by atoms with van der Waals surface area (Å²) in [5.41, 5.74) is 1.07. The molecule has 0 radical (unpaired) electrons. The Kier molecular flexibility index (Phi) is 11.4. The number of carbonyl (C=O) groups excluding carboxylic acids is 3. The Morgan fingerprint density at radius 1 is 0.860 bits per heavy atom. The number of nitrogens with zero attached hydrogens (tertiary/aromatic N) is 2. The van der Waals surface area contributed by atoms with Gasteiger partial charge < -0.3 is 24.8 Å². The van der Waals surface area contributed by atoms with Gasteiger partial charge in [0.15, 0.2) is 0 Å². The monoisotopic (exact) mass is 588 g/mol. The van der Waals surface area contributed by atoms with Gasteiger partial charge >= 0.3 is 0 Å². The Labute approximate surface area is 252 Å². The van der Waals surface area contributed by atoms with Crippen molar-refractivity contribution >= 4 is 29.2 Å². The highest BCUT2D eigenvalue weighted by molar-refractivity contribution is 6.02. The Balaban J connectivity index is 1.66. The number of nitrogens with one attached hydrogen (secondary N) is 2. The van der Waals surface area contributed by atoms with Gasteiger partial charge in [0, 0.05) is 43.3 Å². The van der Waals surface area contributed by atoms with E-state index < -0.39 is 6.04 Å². The number of carbonyl (C=O) groups is 3. The average Bonchev–Trinajstić information content (AvgIpc) is 3.04. The molecule has 4 rings (SSSR count). The fraction of sp³-hybridized carbons (Fsp3) is 0.394. The molecule has 228 valence electrons. The number of methoxy groups -OCH3 is 3. The molecule has 1 saturated carbocycles. The average molecular weight is 589 g/mol. The van der Waals surface area contributed by atoms with Crippen molar-refractivity contribution in [2.24, 2.45) is 0 Å². The van der Waals surface area contributed by atoms with Crippen LogP contribution in [0.3, 0.4) is 0 Å². The molecule has 1 atom stereocenters. The molecule has 2 aromatic carbocycles. The van der Waals surface area contributed by atoms with Crippen LogP contribution in [-0.4, -0.2) is 50.1 Å². The first kappa shape index (κ1) is 31.3. The van der Waals surface area contributed by atoms with Gasteiger partial charge in [-0.3, -0.25) is 19.3 Å². The third-order valence-corrected chi connectivity index (χ3v) is 7.50. The van der Waals surface area contributed by atoms with Crippen LogP contribution in [0.1, 0.15) is 63.0 Å². The topological polar surface area (TPSA) is 119 Å². The lowest BCUT2D eigenvalue weighted by molar-refractivity contribution is -0.127. The van der Waals surface area contributed by atoms with Gasteiger partial charge in [-0.15, -0.1) is 0 Å². The zero-order valence-corrected chi connectivity index (χ0v) is 25.0. The van der Waals surface area contributed by atoms with E-state index in [2.05, 4.69) is 15.6 Å². The van der Waals surface area contributed by atoms with Crippen LogP contribution in [-0.2, 0) is 14.4 Å². The quantitative estimate of drug-likeness (QED) is 0.273. The van der Waals surface area contributed by atoms with Crippen LogP contribution in [0, 0.1) is 0 Å². The third kappa shape index (κ3) is 8.70. The standard InChI is InChI=1S/C33H40N4O6/c1-41-26-17-15-23(16-18-26)32(33(40)35-24-10-5-4-6-11-24)37(25-20-27(42-2)22-28(21-25)43-3)31(39)14-9-13-30(38)36-29-12-7-8-19-34-29/h7-8,12,15-22,24,32H,4-6,9-11,13-14H2,1-3H3,(H,35,40)(H,34,36,38)/t32-/m0/s1. The highest BCUT2D eigenvalue weighted by atomic mass is 16.5. The molecule has 0 spiro atoms. The number of benzene rings is 2. The molecular weight excluding hydrogens is 548 g/mol. The summed E-state index contributed by atoms with van der Waals surface area (Å²) in [5, 5.41) is 5.96. The van der Waals surface area contributed by atoms with Gasteiger partial charge in [0.1, 0.15) is 29.1 Å². The molecule has 2 N–H and O–H groups in total. The van der Waals surface area contributed by atoms with Gasteiger partial charge in [0.25, 0.3) is 0 Å². The van der Waals surface area contributed by atoms with E-state index in [1.54, 1.807) is 74.0 Å². The second-order valence-corrected chi connectivity index (χ2v) is 10.5. The lowest BCUT2D eigenvalue weighted by Gasteiger charge is -2.34. The molecule has 3 amide bonds. The van der Waals surface area contributed by atoms with Crippen LogP contribution in [0.5, 0.6) is 17.2 Å². The van der Waals surface area contributed by atoms with Crippen molar-refractivity contribution in [1.82, 2.24) is 10.3 Å². The summed E-state index contributed by atoms with van der Waals surface area (Å²) in [6.45, 7) is 0. The van der Waals surface area contributed by atoms with Crippen molar-refractivity contribution in [3.63, 3.8) is 0 Å². The van der Waals surface area contributed by atoms with Gasteiger partial charge in [-0.25, -0.2) is 4.98 Å². The number of ether oxygens (including phenoxy) is 3. The van der Waals surface area contributed by atoms with Crippen molar-refractivity contribution in [1.29, 1.82) is 0 Å². The number of aromatic nitrogens is 1. The summed E-state index contributed by atoms with van der Waals surface area (Å²) in [5.74, 6) is 1.19. The van der Waals surface area contributed by atoms with Crippen LogP contribution in [0.15, 0.2) is 66.9 Å². The third-order valence-electron chi connectivity index (χ3n) is 7.50. The van der Waals surface area contributed by atoms with E-state index in [4.69, 9.17) is 14.2 Å². The lowest BCUT2D eigenvalue weighted by Crippen LogP contribution is -2.47. The molecule has 1 aromatic heterocycles. The maximum atomic E-state index is 14.1. The molecule has 0 bridgehead atoms. The minimum absolute atomic E-state index is 0.0263. The predicted octanol–water partition coefficient (Wildman–Crippen LogP) is 5.44. The van der Waals surface area contributed by atoms with Gasteiger partial charge in [-0.05, 0) is 49.1 Å². The minimum Gasteiger partial charge on any atom is -0.497 e. The zero-order valence-electron chi connectivity index (χ0n) is 25.0. The minimum atomic E-state index is -0.987. The number of rotatable bonds is 13. The van der Waals surface area contributed by atoms with Gasteiger partial charge in [-0.1, -0.05) is 37.5 Å². The van der Waals surface area contributed by atoms with Gasteiger partial charge in [-0.2, -0.15) is 0 Å². The summed E-state index contributed by atoms with van der Waals surface area (Å²) < 4.78 is 16.3. The first-order valence-electron chi connectivity index (χ1n) is 14.6. The molecule has 0 unspecified atom stereocenters. The molecule has 43 heavy (non-hydrogen) atoms. The van der Waals surface area contributed by atoms with E-state index in [9.17, 15) is 14.4 Å². The molecule has 1 heterocycles. The van der Waals surface area contributed by atoms with Gasteiger partial charge in [0.05, 0.1) is 27.0 Å². The number of anilines is 2. The Morgan fingerprint density at radius 3 is 2.14 bits per heavy atom. The van der Waals surface area contributed by atoms with Crippen LogP contribution in [0.2, 0.25) is 0 Å². The van der Waals surface area contributed by atoms with Crippen LogP contribution in [0.25, 0.3) is 0 Å². The smallest absolute Gasteiger partial charge is 0.248 e. The van der Waals surface area contributed by atoms with E-state index in [1.165, 1.54) is 19.1 Å². The maximum absolute atomic E-state index is 14.1. The molecule has 1 aliphatic carbocycles. The summed E-state index contributed by atoms with van der Waals surface area (Å²) >= 11 is 0. The fourth-order valence-electron chi connectivity index (χ4n) is 5.26. The van der Waals surface area contributed by atoms with Crippen LogP contribution in [0.4, 0.5) is 11.5 Å². The summed E-state index contributed by atoms with van der Waals surface area (Å²) in [7, 11) is 4.63. The van der Waals surface area contributed by atoms with E-state index in [0.717, 1.165) is 32.1 Å². The highest BCUT2D eigenvalue weighted by Gasteiger charge is 2.34. The summed E-state index contributed by atoms with van der Waals surface area (Å²) in [6.07, 6.45) is 7.05. The number of pyridine rings is 1. The van der Waals surface area contributed by atoms with Crippen molar-refractivity contribution < 1.29 is 28.6 Å². The first-order chi connectivity index (χ1) is 20.9. The van der Waals surface area contributed by atoms with Crippen molar-refractivity contribution in [2.75, 3.05) is 31.5 Å². The maximum Gasteiger partial charge on any atom is 0.248 e. The Morgan fingerprint density at radius 2 is 1.53 bits per heavy atom. The second kappa shape index (κ2) is 15.6. The van der Waals surface area contributed by atoms with Crippen LogP contribution >= 0.6 is 0 Å². The lowest BCUT2D eigenvalue weighted by atomic mass is 9.94. The van der Waals surface area contributed by atoms with E-state index >= 15 is 0 Å². The molecule has 10 nitrogen and oxygen atoms in total. The normalized spacial score (nSPS) is 13.8. The summed E-state index contributed by atoms with van der Waals surface area (Å²) in [4.78, 5) is 46.4. The summed E-state index contributed by atoms with van der Waals surface area (Å²) in [6, 6.07) is 16.5. The first-order valence-corrected chi connectivity index (χ1v) is 14.6. The highest BCUT2D eigenvalue weighted by Crippen LogP contribution is 2.35. The molecule has 1 aliphatic rings. The molecule has 1 fully saturated rings. The Hall–Kier alpha value is -4.60. The van der Waals surface area contributed by atoms with E-state index in [0.29, 0.717) is 34.3 Å². The Bertz CT molecular complexity index is 1340. The predicted molar refractivity (Wildman–Crippen MR) is 165 cm³/mol. The molecule has 0 saturated heterocycles. The number of amides is 3. The number of hydrogen-bond donors (Lipinski definition) is 2. The van der Waals surface area contributed by atoms with E-state index in [1.807, 2.05) is 0 Å². The SMILES string of the molecule is COc1ccc([C@@H](C(=O)NC2CCCCC2)N(C(=O)CCCC(=O)Nc2ccccn2)c2cc(OC)cc(OC)c2)cc1. The molecule has 3 aromatic rings. The second-order valence-electron chi connectivity index (χ2n) is 10.5. The van der Waals surface area contributed by atoms with Gasteiger partial charge in [0.2, 0.25) is 17.7 Å². The molecular formula is C33H40N4O6. The van der Waals surface area contributed by atoms with Crippen molar-refractivity contribution in [2.45, 2.75) is 63.5 Å². The largest absolute Gasteiger partial charge is 0.497 e. The molecule has 10 heteroatoms. The number of hydrogen-bond acceptors (Lipinski definition) is 7.